The minimum atomic E-state index is -0.344. The first-order valence-electron chi connectivity index (χ1n) is 8.25. The number of halogens is 1. The van der Waals surface area contributed by atoms with Gasteiger partial charge in [-0.1, -0.05) is 19.1 Å². The van der Waals surface area contributed by atoms with E-state index in [1.807, 2.05) is 6.92 Å². The zero-order valence-electron chi connectivity index (χ0n) is 14.5. The number of para-hydroxylation sites is 1. The number of ketones is 1. The van der Waals surface area contributed by atoms with Crippen LogP contribution in [0.2, 0.25) is 0 Å². The first-order valence-corrected chi connectivity index (χ1v) is 8.25. The van der Waals surface area contributed by atoms with E-state index in [-0.39, 0.29) is 17.5 Å². The summed E-state index contributed by atoms with van der Waals surface area (Å²) in [7, 11) is 0. The fourth-order valence-corrected chi connectivity index (χ4v) is 2.80. The van der Waals surface area contributed by atoms with E-state index in [9.17, 15) is 14.0 Å². The predicted molar refractivity (Wildman–Crippen MR) is 97.3 cm³/mol. The van der Waals surface area contributed by atoms with E-state index in [4.69, 9.17) is 0 Å². The smallest absolute Gasteiger partial charge is 0.259 e. The second kappa shape index (κ2) is 7.31. The number of nitrogens with one attached hydrogen (secondary N) is 1. The van der Waals surface area contributed by atoms with Crippen LogP contribution < -0.4 is 5.32 Å². The third-order valence-electron chi connectivity index (χ3n) is 4.07. The average molecular weight is 351 g/mol. The molecule has 0 aliphatic rings. The van der Waals surface area contributed by atoms with E-state index in [1.54, 1.807) is 41.1 Å². The summed E-state index contributed by atoms with van der Waals surface area (Å²) in [6.07, 6.45) is 2.04. The standard InChI is InChI=1S/C20H18FN3O2/c1-3-19-17(12-22-24(19)15-10-8-14(21)9-11-15)20(26)23-18-7-5-4-6-16(18)13(2)25/h4-12H,3H2,1-2H3,(H,23,26). The molecule has 0 aliphatic carbocycles. The van der Waals surface area contributed by atoms with Gasteiger partial charge in [0.1, 0.15) is 5.82 Å². The van der Waals surface area contributed by atoms with Crippen LogP contribution in [0.1, 0.15) is 40.3 Å². The molecule has 0 atom stereocenters. The topological polar surface area (TPSA) is 64.0 Å². The van der Waals surface area contributed by atoms with Crippen molar-refractivity contribution in [2.45, 2.75) is 20.3 Å². The van der Waals surface area contributed by atoms with Gasteiger partial charge in [-0.25, -0.2) is 9.07 Å². The zero-order valence-corrected chi connectivity index (χ0v) is 14.5. The minimum Gasteiger partial charge on any atom is -0.321 e. The van der Waals surface area contributed by atoms with Gasteiger partial charge < -0.3 is 5.32 Å². The number of carbonyl (C=O) groups excluding carboxylic acids is 2. The Morgan fingerprint density at radius 2 is 1.77 bits per heavy atom. The summed E-state index contributed by atoms with van der Waals surface area (Å²) in [5.41, 5.74) is 2.70. The summed E-state index contributed by atoms with van der Waals surface area (Å²) >= 11 is 0. The molecule has 5 nitrogen and oxygen atoms in total. The fraction of sp³-hybridized carbons (Fsp3) is 0.150. The maximum Gasteiger partial charge on any atom is 0.259 e. The molecule has 2 aromatic carbocycles. The van der Waals surface area contributed by atoms with Gasteiger partial charge in [0.25, 0.3) is 5.91 Å². The SMILES string of the molecule is CCc1c(C(=O)Nc2ccccc2C(C)=O)cnn1-c1ccc(F)cc1. The van der Waals surface area contributed by atoms with Gasteiger partial charge in [0.15, 0.2) is 5.78 Å². The highest BCUT2D eigenvalue weighted by molar-refractivity contribution is 6.09. The molecular formula is C20H18FN3O2. The van der Waals surface area contributed by atoms with E-state index >= 15 is 0 Å². The zero-order chi connectivity index (χ0) is 18.7. The van der Waals surface area contributed by atoms with E-state index in [2.05, 4.69) is 10.4 Å². The van der Waals surface area contributed by atoms with Gasteiger partial charge in [0, 0.05) is 5.56 Å². The molecule has 0 aliphatic heterocycles. The quantitative estimate of drug-likeness (QED) is 0.706. The molecule has 26 heavy (non-hydrogen) atoms. The number of hydrogen-bond donors (Lipinski definition) is 1. The van der Waals surface area contributed by atoms with Crippen molar-refractivity contribution >= 4 is 17.4 Å². The number of carbonyl (C=O) groups is 2. The van der Waals surface area contributed by atoms with Gasteiger partial charge in [-0.3, -0.25) is 9.59 Å². The Bertz CT molecular complexity index is 961. The van der Waals surface area contributed by atoms with Crippen molar-refractivity contribution < 1.29 is 14.0 Å². The van der Waals surface area contributed by atoms with Crippen molar-refractivity contribution in [3.8, 4) is 5.69 Å². The summed E-state index contributed by atoms with van der Waals surface area (Å²) < 4.78 is 14.8. The van der Waals surface area contributed by atoms with Gasteiger partial charge in [0.2, 0.25) is 0 Å². The van der Waals surface area contributed by atoms with Gasteiger partial charge in [-0.05, 0) is 49.7 Å². The molecule has 0 spiro atoms. The summed E-state index contributed by atoms with van der Waals surface area (Å²) in [6, 6.07) is 12.8. The highest BCUT2D eigenvalue weighted by Gasteiger charge is 2.18. The fourth-order valence-electron chi connectivity index (χ4n) is 2.80. The van der Waals surface area contributed by atoms with Gasteiger partial charge in [-0.2, -0.15) is 5.10 Å². The van der Waals surface area contributed by atoms with Crippen molar-refractivity contribution in [3.05, 3.63) is 77.4 Å². The lowest BCUT2D eigenvalue weighted by atomic mass is 10.1. The molecule has 1 heterocycles. The Morgan fingerprint density at radius 3 is 2.42 bits per heavy atom. The van der Waals surface area contributed by atoms with Crippen LogP contribution in [0, 0.1) is 5.82 Å². The van der Waals surface area contributed by atoms with Crippen molar-refractivity contribution in [2.75, 3.05) is 5.32 Å². The molecule has 1 N–H and O–H groups in total. The predicted octanol–water partition coefficient (Wildman–Crippen LogP) is 4.03. The molecule has 0 saturated carbocycles. The van der Waals surface area contributed by atoms with Gasteiger partial charge >= 0.3 is 0 Å². The van der Waals surface area contributed by atoms with Gasteiger partial charge in [-0.15, -0.1) is 0 Å². The molecular weight excluding hydrogens is 333 g/mol. The summed E-state index contributed by atoms with van der Waals surface area (Å²) in [5.74, 6) is -0.805. The molecule has 0 radical (unpaired) electrons. The van der Waals surface area contributed by atoms with Gasteiger partial charge in [0.05, 0.1) is 28.8 Å². The Hall–Kier alpha value is -3.28. The number of aromatic nitrogens is 2. The van der Waals surface area contributed by atoms with E-state index in [0.29, 0.717) is 34.6 Å². The highest BCUT2D eigenvalue weighted by atomic mass is 19.1. The molecule has 3 aromatic rings. The molecule has 3 rings (SSSR count). The van der Waals surface area contributed by atoms with E-state index in [1.165, 1.54) is 25.3 Å². The number of Topliss-reactive ketones (excluding diaryl/α,β-unsaturated/α-hetero) is 1. The van der Waals surface area contributed by atoms with Crippen LogP contribution in [0.15, 0.2) is 54.7 Å². The third-order valence-corrected chi connectivity index (χ3v) is 4.07. The lowest BCUT2D eigenvalue weighted by Gasteiger charge is -2.10. The number of amides is 1. The molecule has 0 fully saturated rings. The van der Waals surface area contributed by atoms with E-state index < -0.39 is 0 Å². The average Bonchev–Trinajstić information content (AvgIpc) is 3.06. The molecule has 1 amide bonds. The normalized spacial score (nSPS) is 10.6. The maximum atomic E-state index is 13.1. The molecule has 1 aromatic heterocycles. The third kappa shape index (κ3) is 3.39. The lowest BCUT2D eigenvalue weighted by molar-refractivity contribution is 0.101. The van der Waals surface area contributed by atoms with Crippen molar-refractivity contribution in [2.24, 2.45) is 0 Å². The Balaban J connectivity index is 1.94. The lowest BCUT2D eigenvalue weighted by Crippen LogP contribution is -2.16. The Morgan fingerprint density at radius 1 is 1.08 bits per heavy atom. The summed E-state index contributed by atoms with van der Waals surface area (Å²) in [4.78, 5) is 24.5. The van der Waals surface area contributed by atoms with Crippen LogP contribution in [-0.2, 0) is 6.42 Å². The van der Waals surface area contributed by atoms with Crippen molar-refractivity contribution in [3.63, 3.8) is 0 Å². The van der Waals surface area contributed by atoms with Crippen LogP contribution in [0.5, 0.6) is 0 Å². The van der Waals surface area contributed by atoms with Crippen molar-refractivity contribution in [1.82, 2.24) is 9.78 Å². The number of benzene rings is 2. The second-order valence-corrected chi connectivity index (χ2v) is 5.80. The van der Waals surface area contributed by atoms with Crippen molar-refractivity contribution in [1.29, 1.82) is 0 Å². The Labute approximate surface area is 150 Å². The first-order chi connectivity index (χ1) is 12.5. The first kappa shape index (κ1) is 17.5. The van der Waals surface area contributed by atoms with Crippen LogP contribution in [0.25, 0.3) is 5.69 Å². The van der Waals surface area contributed by atoms with Crippen LogP contribution in [-0.4, -0.2) is 21.5 Å². The number of hydrogen-bond acceptors (Lipinski definition) is 3. The molecule has 0 unspecified atom stereocenters. The number of anilines is 1. The van der Waals surface area contributed by atoms with Crippen LogP contribution in [0.3, 0.4) is 0 Å². The number of rotatable bonds is 5. The maximum absolute atomic E-state index is 13.1. The van der Waals surface area contributed by atoms with E-state index in [0.717, 1.165) is 0 Å². The summed E-state index contributed by atoms with van der Waals surface area (Å²) in [6.45, 7) is 3.37. The second-order valence-electron chi connectivity index (χ2n) is 5.80. The highest BCUT2D eigenvalue weighted by Crippen LogP contribution is 2.20. The minimum absolute atomic E-state index is 0.126. The van der Waals surface area contributed by atoms with Crippen LogP contribution in [0.4, 0.5) is 10.1 Å². The Kier molecular flexibility index (Phi) is 4.93. The molecule has 0 bridgehead atoms. The molecule has 0 saturated heterocycles. The molecule has 6 heteroatoms. The van der Waals surface area contributed by atoms with Crippen LogP contribution >= 0.6 is 0 Å². The largest absolute Gasteiger partial charge is 0.321 e. The number of nitrogens with zero attached hydrogens (tertiary/aromatic N) is 2. The summed E-state index contributed by atoms with van der Waals surface area (Å²) in [5, 5.41) is 7.06. The molecule has 132 valence electrons. The monoisotopic (exact) mass is 351 g/mol.